The smallest absolute Gasteiger partial charge is 0.214 e. The molecule has 1 aromatic rings. The number of aliphatic imine (C=N–C) groups is 1. The second-order valence-electron chi connectivity index (χ2n) is 5.23. The van der Waals surface area contributed by atoms with Crippen LogP contribution < -0.4 is 15.4 Å². The van der Waals surface area contributed by atoms with Gasteiger partial charge in [-0.15, -0.1) is 24.0 Å². The molecule has 1 heterocycles. The molecule has 2 rings (SSSR count). The SMILES string of the molecule is CN=C(NCCN1CCCS1(=O)=O)NCc1ccccc1OC.I. The predicted octanol–water partition coefficient (Wildman–Crippen LogP) is 1.01. The zero-order chi connectivity index (χ0) is 16.7. The number of hydrogen-bond acceptors (Lipinski definition) is 4. The van der Waals surface area contributed by atoms with Crippen LogP contribution in [0.15, 0.2) is 29.3 Å². The molecular weight excluding hydrogens is 443 g/mol. The van der Waals surface area contributed by atoms with Crippen molar-refractivity contribution in [3.05, 3.63) is 29.8 Å². The topological polar surface area (TPSA) is 83.0 Å². The number of guanidine groups is 1. The van der Waals surface area contributed by atoms with Crippen molar-refractivity contribution in [3.8, 4) is 5.75 Å². The van der Waals surface area contributed by atoms with E-state index in [0.717, 1.165) is 11.3 Å². The van der Waals surface area contributed by atoms with Crippen molar-refractivity contribution in [1.82, 2.24) is 14.9 Å². The van der Waals surface area contributed by atoms with Crippen molar-refractivity contribution in [2.75, 3.05) is 39.5 Å². The predicted molar refractivity (Wildman–Crippen MR) is 107 cm³/mol. The molecule has 1 aromatic carbocycles. The number of halogens is 1. The molecule has 9 heteroatoms. The summed E-state index contributed by atoms with van der Waals surface area (Å²) < 4.78 is 30.3. The molecule has 0 aromatic heterocycles. The van der Waals surface area contributed by atoms with Gasteiger partial charge in [0.1, 0.15) is 5.75 Å². The monoisotopic (exact) mass is 468 g/mol. The van der Waals surface area contributed by atoms with E-state index in [1.807, 2.05) is 24.3 Å². The lowest BCUT2D eigenvalue weighted by molar-refractivity contribution is 0.409. The average molecular weight is 468 g/mol. The van der Waals surface area contributed by atoms with E-state index in [0.29, 0.717) is 38.6 Å². The van der Waals surface area contributed by atoms with E-state index < -0.39 is 10.0 Å². The summed E-state index contributed by atoms with van der Waals surface area (Å²) in [5.74, 6) is 1.71. The van der Waals surface area contributed by atoms with Crippen LogP contribution in [0.1, 0.15) is 12.0 Å². The second-order valence-corrected chi connectivity index (χ2v) is 7.32. The molecular formula is C15H25IN4O3S. The summed E-state index contributed by atoms with van der Waals surface area (Å²) in [4.78, 5) is 4.14. The molecule has 0 saturated carbocycles. The fourth-order valence-corrected chi connectivity index (χ4v) is 4.02. The molecule has 2 N–H and O–H groups in total. The zero-order valence-electron chi connectivity index (χ0n) is 14.0. The lowest BCUT2D eigenvalue weighted by Gasteiger charge is -2.17. The molecule has 0 aliphatic carbocycles. The van der Waals surface area contributed by atoms with Gasteiger partial charge >= 0.3 is 0 Å². The number of nitrogens with zero attached hydrogens (tertiary/aromatic N) is 2. The number of para-hydroxylation sites is 1. The lowest BCUT2D eigenvalue weighted by Crippen LogP contribution is -2.41. The van der Waals surface area contributed by atoms with Crippen LogP contribution in [0.2, 0.25) is 0 Å². The summed E-state index contributed by atoms with van der Waals surface area (Å²) in [6, 6.07) is 7.77. The quantitative estimate of drug-likeness (QED) is 0.370. The minimum Gasteiger partial charge on any atom is -0.496 e. The largest absolute Gasteiger partial charge is 0.496 e. The van der Waals surface area contributed by atoms with Crippen molar-refractivity contribution >= 4 is 40.0 Å². The first-order chi connectivity index (χ1) is 11.1. The van der Waals surface area contributed by atoms with Gasteiger partial charge in [-0.3, -0.25) is 4.99 Å². The highest BCUT2D eigenvalue weighted by Crippen LogP contribution is 2.16. The third kappa shape index (κ3) is 5.78. The van der Waals surface area contributed by atoms with E-state index in [9.17, 15) is 8.42 Å². The van der Waals surface area contributed by atoms with Gasteiger partial charge in [-0.25, -0.2) is 12.7 Å². The van der Waals surface area contributed by atoms with Crippen LogP contribution in [-0.2, 0) is 16.6 Å². The van der Waals surface area contributed by atoms with Gasteiger partial charge in [0.2, 0.25) is 10.0 Å². The van der Waals surface area contributed by atoms with Gasteiger partial charge in [-0.05, 0) is 12.5 Å². The van der Waals surface area contributed by atoms with Gasteiger partial charge in [0, 0.05) is 38.8 Å². The van der Waals surface area contributed by atoms with Crippen LogP contribution in [0.5, 0.6) is 5.75 Å². The molecule has 0 spiro atoms. The number of ether oxygens (including phenoxy) is 1. The van der Waals surface area contributed by atoms with Crippen LogP contribution in [0.3, 0.4) is 0 Å². The summed E-state index contributed by atoms with van der Waals surface area (Å²) >= 11 is 0. The summed E-state index contributed by atoms with van der Waals surface area (Å²) in [6.07, 6.45) is 0.711. The Morgan fingerprint density at radius 1 is 1.33 bits per heavy atom. The van der Waals surface area contributed by atoms with Gasteiger partial charge < -0.3 is 15.4 Å². The van der Waals surface area contributed by atoms with Crippen molar-refractivity contribution in [2.45, 2.75) is 13.0 Å². The molecule has 0 bridgehead atoms. The van der Waals surface area contributed by atoms with Gasteiger partial charge in [-0.2, -0.15) is 0 Å². The fraction of sp³-hybridized carbons (Fsp3) is 0.533. The third-order valence-electron chi connectivity index (χ3n) is 3.72. The molecule has 0 atom stereocenters. The van der Waals surface area contributed by atoms with Gasteiger partial charge in [0.25, 0.3) is 0 Å². The highest BCUT2D eigenvalue weighted by atomic mass is 127. The van der Waals surface area contributed by atoms with E-state index in [1.165, 1.54) is 4.31 Å². The number of hydrogen-bond donors (Lipinski definition) is 2. The Morgan fingerprint density at radius 2 is 2.08 bits per heavy atom. The van der Waals surface area contributed by atoms with Crippen molar-refractivity contribution < 1.29 is 13.2 Å². The minimum atomic E-state index is -3.04. The molecule has 1 saturated heterocycles. The Labute approximate surface area is 160 Å². The standard InChI is InChI=1S/C15H24N4O3S.HI/c1-16-15(17-8-10-19-9-5-11-23(19,20)21)18-12-13-6-3-4-7-14(13)22-2;/h3-4,6-7H,5,8-12H2,1-2H3,(H2,16,17,18);1H. The van der Waals surface area contributed by atoms with Crippen LogP contribution in [-0.4, -0.2) is 58.2 Å². The molecule has 136 valence electrons. The maximum Gasteiger partial charge on any atom is 0.214 e. The average Bonchev–Trinajstić information content (AvgIpc) is 2.89. The molecule has 24 heavy (non-hydrogen) atoms. The summed E-state index contributed by atoms with van der Waals surface area (Å²) in [5, 5.41) is 6.33. The fourth-order valence-electron chi connectivity index (χ4n) is 2.49. The van der Waals surface area contributed by atoms with Gasteiger partial charge in [-0.1, -0.05) is 18.2 Å². The highest BCUT2D eigenvalue weighted by Gasteiger charge is 2.27. The van der Waals surface area contributed by atoms with E-state index >= 15 is 0 Å². The van der Waals surface area contributed by atoms with Crippen molar-refractivity contribution in [1.29, 1.82) is 0 Å². The number of nitrogens with one attached hydrogen (secondary N) is 2. The molecule has 0 unspecified atom stereocenters. The normalized spacial score (nSPS) is 17.2. The van der Waals surface area contributed by atoms with E-state index in [1.54, 1.807) is 14.2 Å². The number of rotatable bonds is 6. The van der Waals surface area contributed by atoms with Crippen molar-refractivity contribution in [2.24, 2.45) is 4.99 Å². The zero-order valence-corrected chi connectivity index (χ0v) is 17.1. The van der Waals surface area contributed by atoms with E-state index in [-0.39, 0.29) is 29.7 Å². The van der Waals surface area contributed by atoms with Crippen LogP contribution >= 0.6 is 24.0 Å². The minimum absolute atomic E-state index is 0. The molecule has 1 aliphatic rings. The lowest BCUT2D eigenvalue weighted by atomic mass is 10.2. The molecule has 1 aliphatic heterocycles. The maximum atomic E-state index is 11.7. The van der Waals surface area contributed by atoms with E-state index in [4.69, 9.17) is 4.74 Å². The Morgan fingerprint density at radius 3 is 2.71 bits per heavy atom. The second kappa shape index (κ2) is 10.0. The Balaban J connectivity index is 0.00000288. The highest BCUT2D eigenvalue weighted by molar-refractivity contribution is 14.0. The first kappa shape index (κ1) is 21.0. The molecule has 7 nitrogen and oxygen atoms in total. The summed E-state index contributed by atoms with van der Waals surface area (Å²) in [7, 11) is 0.286. The molecule has 1 fully saturated rings. The van der Waals surface area contributed by atoms with E-state index in [2.05, 4.69) is 15.6 Å². The van der Waals surface area contributed by atoms with Crippen LogP contribution in [0.4, 0.5) is 0 Å². The maximum absolute atomic E-state index is 11.7. The number of methoxy groups -OCH3 is 1. The Bertz CT molecular complexity index is 652. The Hall–Kier alpha value is -1.07. The van der Waals surface area contributed by atoms with Crippen LogP contribution in [0.25, 0.3) is 0 Å². The van der Waals surface area contributed by atoms with Crippen LogP contribution in [0, 0.1) is 0 Å². The van der Waals surface area contributed by atoms with Crippen molar-refractivity contribution in [3.63, 3.8) is 0 Å². The number of benzene rings is 1. The Kier molecular flexibility index (Phi) is 8.78. The third-order valence-corrected chi connectivity index (χ3v) is 5.68. The molecule has 0 radical (unpaired) electrons. The summed E-state index contributed by atoms with van der Waals surface area (Å²) in [5.41, 5.74) is 1.03. The first-order valence-electron chi connectivity index (χ1n) is 7.61. The first-order valence-corrected chi connectivity index (χ1v) is 9.22. The summed E-state index contributed by atoms with van der Waals surface area (Å²) in [6.45, 7) is 2.16. The molecule has 0 amide bonds. The number of sulfonamides is 1. The van der Waals surface area contributed by atoms with Gasteiger partial charge in [0.15, 0.2) is 5.96 Å². The van der Waals surface area contributed by atoms with Gasteiger partial charge in [0.05, 0.1) is 12.9 Å².